The van der Waals surface area contributed by atoms with Gasteiger partial charge in [-0.2, -0.15) is 5.10 Å². The third kappa shape index (κ3) is 1.91. The van der Waals surface area contributed by atoms with E-state index in [-0.39, 0.29) is 5.91 Å². The van der Waals surface area contributed by atoms with Crippen molar-refractivity contribution in [2.45, 2.75) is 25.9 Å². The highest BCUT2D eigenvalue weighted by molar-refractivity contribution is 6.34. The van der Waals surface area contributed by atoms with Crippen molar-refractivity contribution in [3.63, 3.8) is 0 Å². The van der Waals surface area contributed by atoms with E-state index in [1.165, 1.54) is 0 Å². The summed E-state index contributed by atoms with van der Waals surface area (Å²) < 4.78 is 1.90. The number of amides is 1. The summed E-state index contributed by atoms with van der Waals surface area (Å²) in [5.41, 5.74) is 1.40. The fourth-order valence-electron chi connectivity index (χ4n) is 2.44. The summed E-state index contributed by atoms with van der Waals surface area (Å²) in [6.45, 7) is 4.30. The maximum Gasteiger partial charge on any atom is 0.275 e. The number of carbonyl (C=O) groups excluding carboxylic acids is 1. The summed E-state index contributed by atoms with van der Waals surface area (Å²) in [5, 5.41) is 4.96. The largest absolute Gasteiger partial charge is 0.337 e. The van der Waals surface area contributed by atoms with Crippen LogP contribution in [-0.4, -0.2) is 52.2 Å². The average molecular weight is 269 g/mol. The van der Waals surface area contributed by atoms with E-state index in [1.54, 1.807) is 4.90 Å². The summed E-state index contributed by atoms with van der Waals surface area (Å²) in [7, 11) is 2.07. The zero-order valence-corrected chi connectivity index (χ0v) is 11.3. The Morgan fingerprint density at radius 2 is 1.94 bits per heavy atom. The number of aromatic nitrogens is 2. The Morgan fingerprint density at radius 1 is 1.22 bits per heavy atom. The van der Waals surface area contributed by atoms with Gasteiger partial charge in [-0.3, -0.25) is 9.48 Å². The molecule has 0 aromatic carbocycles. The second kappa shape index (κ2) is 4.55. The van der Waals surface area contributed by atoms with Crippen molar-refractivity contribution in [1.82, 2.24) is 19.6 Å². The van der Waals surface area contributed by atoms with Crippen LogP contribution < -0.4 is 0 Å². The number of carbonyl (C=O) groups is 1. The minimum Gasteiger partial charge on any atom is -0.337 e. The van der Waals surface area contributed by atoms with Gasteiger partial charge < -0.3 is 9.80 Å². The van der Waals surface area contributed by atoms with Crippen LogP contribution in [0.3, 0.4) is 0 Å². The monoisotopic (exact) mass is 268 g/mol. The van der Waals surface area contributed by atoms with Gasteiger partial charge >= 0.3 is 0 Å². The second-order valence-corrected chi connectivity index (χ2v) is 5.45. The van der Waals surface area contributed by atoms with Crippen LogP contribution in [0.2, 0.25) is 5.02 Å². The van der Waals surface area contributed by atoms with Gasteiger partial charge in [0.25, 0.3) is 5.91 Å². The number of fused-ring (bicyclic) bond motifs is 1. The molecule has 0 radical (unpaired) electrons. The Balaban J connectivity index is 1.92. The Labute approximate surface area is 111 Å². The van der Waals surface area contributed by atoms with Crippen LogP contribution in [0.1, 0.15) is 29.0 Å². The molecule has 0 bridgehead atoms. The van der Waals surface area contributed by atoms with Crippen LogP contribution in [0.25, 0.3) is 0 Å². The van der Waals surface area contributed by atoms with Crippen LogP contribution in [0.5, 0.6) is 0 Å². The van der Waals surface area contributed by atoms with E-state index in [1.807, 2.05) is 4.68 Å². The first-order chi connectivity index (χ1) is 8.66. The topological polar surface area (TPSA) is 41.4 Å². The van der Waals surface area contributed by atoms with Crippen molar-refractivity contribution in [2.24, 2.45) is 0 Å². The molecule has 0 unspecified atom stereocenters. The van der Waals surface area contributed by atoms with Crippen LogP contribution in [-0.2, 0) is 13.1 Å². The van der Waals surface area contributed by atoms with Gasteiger partial charge in [-0.05, 0) is 19.9 Å². The van der Waals surface area contributed by atoms with Gasteiger partial charge in [-0.15, -0.1) is 0 Å². The first-order valence-corrected chi connectivity index (χ1v) is 6.77. The van der Waals surface area contributed by atoms with E-state index in [0.717, 1.165) is 51.3 Å². The van der Waals surface area contributed by atoms with Crippen molar-refractivity contribution in [2.75, 3.05) is 26.7 Å². The molecule has 0 spiro atoms. The molecule has 1 amide bonds. The van der Waals surface area contributed by atoms with Crippen LogP contribution in [0.15, 0.2) is 0 Å². The van der Waals surface area contributed by atoms with Crippen molar-refractivity contribution >= 4 is 17.5 Å². The smallest absolute Gasteiger partial charge is 0.275 e. The molecule has 5 nitrogen and oxygen atoms in total. The molecule has 0 aliphatic carbocycles. The predicted octanol–water partition coefficient (Wildman–Crippen LogP) is 1.22. The van der Waals surface area contributed by atoms with Crippen molar-refractivity contribution in [1.29, 1.82) is 0 Å². The lowest BCUT2D eigenvalue weighted by molar-refractivity contribution is 0.0645. The maximum absolute atomic E-state index is 12.2. The minimum absolute atomic E-state index is 0.0190. The zero-order valence-electron chi connectivity index (χ0n) is 10.5. The minimum atomic E-state index is -0.0190. The maximum atomic E-state index is 12.2. The molecule has 0 N–H and O–H groups in total. The molecule has 2 aliphatic heterocycles. The SMILES string of the molecule is CN1CCCn2nc(C(=O)N3CCC3)c(Cl)c2C1. The molecular formula is C12H17ClN4O. The number of halogens is 1. The molecule has 0 atom stereocenters. The number of rotatable bonds is 1. The third-order valence-corrected chi connectivity index (χ3v) is 4.07. The van der Waals surface area contributed by atoms with E-state index in [4.69, 9.17) is 11.6 Å². The normalized spacial score (nSPS) is 20.2. The fraction of sp³-hybridized carbons (Fsp3) is 0.667. The van der Waals surface area contributed by atoms with E-state index in [9.17, 15) is 4.79 Å². The number of hydrogen-bond donors (Lipinski definition) is 0. The summed E-state index contributed by atoms with van der Waals surface area (Å²) in [4.78, 5) is 16.2. The van der Waals surface area contributed by atoms with Gasteiger partial charge in [0, 0.05) is 32.7 Å². The summed E-state index contributed by atoms with van der Waals surface area (Å²) >= 11 is 6.34. The summed E-state index contributed by atoms with van der Waals surface area (Å²) in [6, 6.07) is 0. The molecule has 18 heavy (non-hydrogen) atoms. The zero-order chi connectivity index (χ0) is 12.7. The summed E-state index contributed by atoms with van der Waals surface area (Å²) in [5.74, 6) is -0.0190. The van der Waals surface area contributed by atoms with E-state index in [0.29, 0.717) is 10.7 Å². The van der Waals surface area contributed by atoms with E-state index < -0.39 is 0 Å². The van der Waals surface area contributed by atoms with Crippen LogP contribution in [0.4, 0.5) is 0 Å². The van der Waals surface area contributed by atoms with Gasteiger partial charge in [-0.1, -0.05) is 11.6 Å². The number of nitrogens with zero attached hydrogens (tertiary/aromatic N) is 4. The number of likely N-dealkylation sites (tertiary alicyclic amines) is 1. The van der Waals surface area contributed by atoms with E-state index in [2.05, 4.69) is 17.0 Å². The Morgan fingerprint density at radius 3 is 2.61 bits per heavy atom. The number of aryl methyl sites for hydroxylation is 1. The second-order valence-electron chi connectivity index (χ2n) is 5.07. The molecule has 3 rings (SSSR count). The Bertz CT molecular complexity index is 481. The molecule has 2 aliphatic rings. The Hall–Kier alpha value is -1.07. The quantitative estimate of drug-likeness (QED) is 0.769. The fourth-order valence-corrected chi connectivity index (χ4v) is 2.72. The molecule has 98 valence electrons. The standard InChI is InChI=1S/C12H17ClN4O/c1-15-4-2-7-17-9(8-15)10(13)11(14-17)12(18)16-5-3-6-16/h2-8H2,1H3. The van der Waals surface area contributed by atoms with Crippen molar-refractivity contribution in [3.05, 3.63) is 16.4 Å². The van der Waals surface area contributed by atoms with Crippen molar-refractivity contribution < 1.29 is 4.79 Å². The highest BCUT2D eigenvalue weighted by atomic mass is 35.5. The first kappa shape index (κ1) is 12.0. The first-order valence-electron chi connectivity index (χ1n) is 6.40. The van der Waals surface area contributed by atoms with Gasteiger partial charge in [0.2, 0.25) is 0 Å². The molecule has 0 saturated carbocycles. The molecule has 1 aromatic rings. The van der Waals surface area contributed by atoms with Crippen LogP contribution >= 0.6 is 11.6 Å². The summed E-state index contributed by atoms with van der Waals surface area (Å²) in [6.07, 6.45) is 2.12. The average Bonchev–Trinajstić information content (AvgIpc) is 2.45. The van der Waals surface area contributed by atoms with Gasteiger partial charge in [0.05, 0.1) is 10.7 Å². The molecule has 3 heterocycles. The molecule has 1 saturated heterocycles. The lowest BCUT2D eigenvalue weighted by atomic mass is 10.2. The molecular weight excluding hydrogens is 252 g/mol. The number of hydrogen-bond acceptors (Lipinski definition) is 3. The lowest BCUT2D eigenvalue weighted by Gasteiger charge is -2.30. The highest BCUT2D eigenvalue weighted by Crippen LogP contribution is 2.26. The van der Waals surface area contributed by atoms with Gasteiger partial charge in [0.15, 0.2) is 5.69 Å². The van der Waals surface area contributed by atoms with Gasteiger partial charge in [0.1, 0.15) is 0 Å². The highest BCUT2D eigenvalue weighted by Gasteiger charge is 2.29. The van der Waals surface area contributed by atoms with Gasteiger partial charge in [-0.25, -0.2) is 0 Å². The molecule has 6 heteroatoms. The molecule has 1 aromatic heterocycles. The van der Waals surface area contributed by atoms with E-state index >= 15 is 0 Å². The Kier molecular flexibility index (Phi) is 3.03. The predicted molar refractivity (Wildman–Crippen MR) is 68.7 cm³/mol. The van der Waals surface area contributed by atoms with Crippen molar-refractivity contribution in [3.8, 4) is 0 Å². The third-order valence-electron chi connectivity index (χ3n) is 3.67. The van der Waals surface area contributed by atoms with Crippen LogP contribution in [0, 0.1) is 0 Å². The lowest BCUT2D eigenvalue weighted by Crippen LogP contribution is -2.42. The molecule has 1 fully saturated rings.